The van der Waals surface area contributed by atoms with Gasteiger partial charge in [0.15, 0.2) is 0 Å². The highest BCUT2D eigenvalue weighted by Crippen LogP contribution is 2.40. The van der Waals surface area contributed by atoms with Crippen LogP contribution >= 0.6 is 0 Å². The topological polar surface area (TPSA) is 0 Å². The molecule has 0 saturated heterocycles. The van der Waals surface area contributed by atoms with E-state index >= 15 is 0 Å². The highest BCUT2D eigenvalue weighted by atomic mass is 28.3. The zero-order chi connectivity index (χ0) is 23.5. The third kappa shape index (κ3) is 5.42. The second kappa shape index (κ2) is 10.1. The van der Waals surface area contributed by atoms with Crippen molar-refractivity contribution in [1.82, 2.24) is 0 Å². The first-order chi connectivity index (χ1) is 14.4. The van der Waals surface area contributed by atoms with Crippen LogP contribution in [-0.4, -0.2) is 8.07 Å². The predicted molar refractivity (Wildman–Crippen MR) is 143 cm³/mol. The molecule has 0 saturated carbocycles. The van der Waals surface area contributed by atoms with Crippen molar-refractivity contribution >= 4 is 20.2 Å². The van der Waals surface area contributed by atoms with Gasteiger partial charge in [-0.15, -0.1) is 5.54 Å². The van der Waals surface area contributed by atoms with Crippen molar-refractivity contribution in [3.05, 3.63) is 68.8 Å². The second-order valence-electron chi connectivity index (χ2n) is 10.3. The minimum absolute atomic E-state index is 0.657. The normalized spacial score (nSPS) is 12.2. The van der Waals surface area contributed by atoms with E-state index in [0.717, 1.165) is 0 Å². The summed E-state index contributed by atoms with van der Waals surface area (Å²) >= 11 is 0. The van der Waals surface area contributed by atoms with Crippen molar-refractivity contribution in [1.29, 1.82) is 0 Å². The Morgan fingerprint density at radius 1 is 0.581 bits per heavy atom. The Morgan fingerprint density at radius 2 is 1.00 bits per heavy atom. The van der Waals surface area contributed by atoms with Crippen LogP contribution in [0.25, 0.3) is 12.2 Å². The second-order valence-corrected chi connectivity index (χ2v) is 15.9. The molecule has 0 radical (unpaired) electrons. The number of hydrogen-bond acceptors (Lipinski definition) is 0. The van der Waals surface area contributed by atoms with E-state index in [2.05, 4.69) is 124 Å². The Morgan fingerprint density at radius 3 is 1.48 bits per heavy atom. The van der Waals surface area contributed by atoms with E-state index in [1.807, 2.05) is 0 Å². The quantitative estimate of drug-likeness (QED) is 0.252. The molecule has 0 aromatic heterocycles. The summed E-state index contributed by atoms with van der Waals surface area (Å²) in [6.45, 7) is 25.2. The first-order valence-corrected chi connectivity index (χ1v) is 14.0. The monoisotopic (exact) mass is 430 g/mol. The third-order valence-electron chi connectivity index (χ3n) is 7.22. The highest BCUT2D eigenvalue weighted by Gasteiger charge is 2.41. The summed E-state index contributed by atoms with van der Waals surface area (Å²) in [4.78, 5) is 0. The molecule has 0 spiro atoms. The van der Waals surface area contributed by atoms with Gasteiger partial charge in [0.2, 0.25) is 0 Å². The smallest absolute Gasteiger partial charge is 0.125 e. The minimum Gasteiger partial charge on any atom is -0.125 e. The summed E-state index contributed by atoms with van der Waals surface area (Å²) in [6, 6.07) is 9.16. The first-order valence-electron chi connectivity index (χ1n) is 11.8. The van der Waals surface area contributed by atoms with Crippen LogP contribution in [0, 0.1) is 46.1 Å². The maximum Gasteiger partial charge on any atom is 0.146 e. The molecular weight excluding hydrogens is 388 g/mol. The van der Waals surface area contributed by atoms with E-state index in [-0.39, 0.29) is 0 Å². The summed E-state index contributed by atoms with van der Waals surface area (Å²) in [5, 5.41) is 0. The molecule has 0 nitrogen and oxygen atoms in total. The molecule has 0 aliphatic carbocycles. The largest absolute Gasteiger partial charge is 0.146 e. The molecule has 0 atom stereocenters. The fraction of sp³-hybridized carbons (Fsp3) is 0.467. The van der Waals surface area contributed by atoms with Gasteiger partial charge >= 0.3 is 0 Å². The van der Waals surface area contributed by atoms with Crippen molar-refractivity contribution in [2.75, 3.05) is 0 Å². The van der Waals surface area contributed by atoms with Gasteiger partial charge in [-0.3, -0.25) is 0 Å². The zero-order valence-corrected chi connectivity index (χ0v) is 22.7. The Kier molecular flexibility index (Phi) is 8.18. The minimum atomic E-state index is -1.72. The van der Waals surface area contributed by atoms with Gasteiger partial charge in [0.05, 0.1) is 0 Å². The lowest BCUT2D eigenvalue weighted by Crippen LogP contribution is -2.43. The van der Waals surface area contributed by atoms with Crippen molar-refractivity contribution in [2.24, 2.45) is 0 Å². The number of hydrogen-bond donors (Lipinski definition) is 0. The van der Waals surface area contributed by atoms with Crippen molar-refractivity contribution in [3.8, 4) is 11.5 Å². The molecule has 0 bridgehead atoms. The summed E-state index contributed by atoms with van der Waals surface area (Å²) < 4.78 is 0. The number of rotatable bonds is 5. The van der Waals surface area contributed by atoms with Gasteiger partial charge in [0.25, 0.3) is 0 Å². The maximum atomic E-state index is 3.88. The predicted octanol–water partition coefficient (Wildman–Crippen LogP) is 8.97. The van der Waals surface area contributed by atoms with E-state index in [0.29, 0.717) is 16.6 Å². The first kappa shape index (κ1) is 25.2. The van der Waals surface area contributed by atoms with Gasteiger partial charge in [-0.05, 0) is 96.3 Å². The molecule has 31 heavy (non-hydrogen) atoms. The van der Waals surface area contributed by atoms with Gasteiger partial charge in [0, 0.05) is 5.56 Å². The average Bonchev–Trinajstić information content (AvgIpc) is 2.66. The number of aryl methyl sites for hydroxylation is 5. The van der Waals surface area contributed by atoms with E-state index in [1.165, 1.54) is 44.5 Å². The van der Waals surface area contributed by atoms with Gasteiger partial charge in [-0.2, -0.15) is 0 Å². The number of benzene rings is 2. The van der Waals surface area contributed by atoms with Crippen LogP contribution < -0.4 is 0 Å². The van der Waals surface area contributed by atoms with Gasteiger partial charge in [-0.25, -0.2) is 0 Å². The van der Waals surface area contributed by atoms with Crippen LogP contribution in [0.2, 0.25) is 16.6 Å². The zero-order valence-electron chi connectivity index (χ0n) is 21.7. The molecule has 0 aliphatic rings. The van der Waals surface area contributed by atoms with Gasteiger partial charge in [-0.1, -0.05) is 77.8 Å². The van der Waals surface area contributed by atoms with Crippen molar-refractivity contribution < 1.29 is 0 Å². The molecule has 2 aromatic carbocycles. The molecule has 0 aliphatic heterocycles. The molecule has 0 N–H and O–H groups in total. The summed E-state index contributed by atoms with van der Waals surface area (Å²) in [5.74, 6) is 3.65. The SMILES string of the molecule is Cc1cc(C)c(/C=C/c2cc(C)c(C#C[Si](C(C)C)(C(C)C)C(C)C)cc2C)cc1C. The molecule has 1 heteroatoms. The Labute approximate surface area is 193 Å². The maximum absolute atomic E-state index is 3.88. The fourth-order valence-corrected chi connectivity index (χ4v) is 10.3. The van der Waals surface area contributed by atoms with E-state index in [1.54, 1.807) is 0 Å². The van der Waals surface area contributed by atoms with E-state index < -0.39 is 8.07 Å². The summed E-state index contributed by atoms with van der Waals surface area (Å²) in [5.41, 5.74) is 16.2. The van der Waals surface area contributed by atoms with Gasteiger partial charge in [0.1, 0.15) is 8.07 Å². The van der Waals surface area contributed by atoms with Crippen LogP contribution in [0.3, 0.4) is 0 Å². The molecule has 0 fully saturated rings. The highest BCUT2D eigenvalue weighted by molar-refractivity contribution is 6.90. The standard InChI is InChI=1S/C30H42Si/c1-20(2)31(21(3)4,22(5)6)15-14-30-19-26(10)29(18-27(30)11)13-12-28-17-24(8)23(7)16-25(28)9/h12-13,16-22H,1-11H3/b13-12+. The molecule has 2 rings (SSSR count). The third-order valence-corrected chi connectivity index (χ3v) is 13.5. The lowest BCUT2D eigenvalue weighted by Gasteiger charge is -2.38. The fourth-order valence-electron chi connectivity index (χ4n) is 5.10. The van der Waals surface area contributed by atoms with Crippen LogP contribution in [0.15, 0.2) is 24.3 Å². The Hall–Kier alpha value is -2.04. The summed E-state index contributed by atoms with van der Waals surface area (Å²) in [7, 11) is -1.72. The van der Waals surface area contributed by atoms with Crippen molar-refractivity contribution in [3.63, 3.8) is 0 Å². The van der Waals surface area contributed by atoms with Crippen LogP contribution in [0.4, 0.5) is 0 Å². The Bertz CT molecular complexity index is 1000. The van der Waals surface area contributed by atoms with Gasteiger partial charge < -0.3 is 0 Å². The molecule has 0 heterocycles. The van der Waals surface area contributed by atoms with Crippen LogP contribution in [-0.2, 0) is 0 Å². The molecule has 0 unspecified atom stereocenters. The van der Waals surface area contributed by atoms with Crippen molar-refractivity contribution in [2.45, 2.75) is 92.8 Å². The lowest BCUT2D eigenvalue weighted by atomic mass is 9.97. The molecule has 166 valence electrons. The van der Waals surface area contributed by atoms with E-state index in [9.17, 15) is 0 Å². The average molecular weight is 431 g/mol. The van der Waals surface area contributed by atoms with Crippen LogP contribution in [0.1, 0.15) is 86.1 Å². The molecule has 0 amide bonds. The molecule has 2 aromatic rings. The summed E-state index contributed by atoms with van der Waals surface area (Å²) in [6.07, 6.45) is 4.51. The van der Waals surface area contributed by atoms with E-state index in [4.69, 9.17) is 0 Å². The Balaban J connectivity index is 2.44. The molecular formula is C30H42Si. The lowest BCUT2D eigenvalue weighted by molar-refractivity contribution is 0.838. The van der Waals surface area contributed by atoms with Crippen LogP contribution in [0.5, 0.6) is 0 Å².